The Morgan fingerprint density at radius 2 is 0.943 bits per heavy atom. The summed E-state index contributed by atoms with van der Waals surface area (Å²) in [5.41, 5.74) is -3.54. The lowest BCUT2D eigenvalue weighted by molar-refractivity contribution is -0.360. The van der Waals surface area contributed by atoms with Gasteiger partial charge in [-0.25, -0.2) is 0 Å². The number of hydrogen-bond acceptors (Lipinski definition) is 25. The fourth-order valence-electron chi connectivity index (χ4n) is 17.2. The number of ether oxygens (including phenoxy) is 17. The van der Waals surface area contributed by atoms with Gasteiger partial charge in [-0.2, -0.15) is 0 Å². The van der Waals surface area contributed by atoms with Crippen molar-refractivity contribution in [1.82, 2.24) is 0 Å². The summed E-state index contributed by atoms with van der Waals surface area (Å²) >= 11 is 0. The summed E-state index contributed by atoms with van der Waals surface area (Å²) < 4.78 is 107. The number of aliphatic hydroxyl groups is 7. The third-order valence-electron chi connectivity index (χ3n) is 22.3. The van der Waals surface area contributed by atoms with Crippen molar-refractivity contribution in [3.63, 3.8) is 0 Å². The van der Waals surface area contributed by atoms with Gasteiger partial charge < -0.3 is 116 Å². The highest BCUT2D eigenvalue weighted by molar-refractivity contribution is 5.80. The molecule has 0 aromatic rings. The Hall–Kier alpha value is -1.55. The van der Waals surface area contributed by atoms with Crippen molar-refractivity contribution in [1.29, 1.82) is 0 Å². The Balaban J connectivity index is 0.685. The Kier molecular flexibility index (Phi) is 21.5. The van der Waals surface area contributed by atoms with E-state index in [1.54, 1.807) is 42.3 Å². The SMILES string of the molecule is CO[C@H]1C[C@H](O[C@@H]2[C@@H](C)O[C@@H](O[C@@H]3[C@@H](C)O[C@@H](O[C@@H]4[C@@H](C)O[C@@H](O[C@H]5CC[C@@]6(C)C(=CC[C@]7(O)[C@@H]6C[C@@H](O)[C@]6(C)[C@@H](C(C)=O)CC[C@@]67O)C5)C[C@H]4OC)C[C@H]3OC)C[C@H]2OC)O[C@H](C)[C@H]1O[C@H]1C[C@@H](OC)[C@H](O[C@@H]2O[C@H](CO)[C@@H](O)[C@H](O)[C@H]2O)[C@@H](C)O1. The summed E-state index contributed by atoms with van der Waals surface area (Å²) in [6, 6.07) is 0. The summed E-state index contributed by atoms with van der Waals surface area (Å²) in [7, 11) is 8.03. The standard InChI is InChI=1S/C62H102O25/c1-28(64)36-16-19-62(70)60(36,8)44(65)26-43-59(7)17-15-35(20-34(59)14-18-61(43,62)69)81-45-21-37(71-9)53(29(2)76-45)83-46-22-38(72-10)54(30(3)77-46)84-47-23-39(73-11)55(31(4)78-47)85-48-24-40(74-12)56(32(5)79-48)86-49-25-41(75-13)57(33(6)80-49)87-58-52(68)51(67)50(66)42(27-63)82-58/h14,29-33,35-58,63,65-70H,15-27H2,1-13H3/t29-,30-,31-,32-,33-,35+,36-,37-,38-,39-,40+,41-,42-,43-,44-,45+,46+,47+,48+,49+,50-,51+,52-,53-,54-,55-,56-,57-,58+,59+,60+,61+,62-/m1/s1. The molecular weight excluding hydrogens is 1140 g/mol. The Morgan fingerprint density at radius 3 is 1.33 bits per heavy atom. The number of hydrogen-bond donors (Lipinski definition) is 7. The minimum atomic E-state index is -1.60. The van der Waals surface area contributed by atoms with Crippen LogP contribution in [0.2, 0.25) is 0 Å². The van der Waals surface area contributed by atoms with Crippen LogP contribution in [0, 0.1) is 22.7 Å². The predicted octanol–water partition coefficient (Wildman–Crippen LogP) is 2.22. The molecule has 6 heterocycles. The van der Waals surface area contributed by atoms with Crippen molar-refractivity contribution < 1.29 is 121 Å². The number of fused-ring (bicyclic) bond motifs is 5. The van der Waals surface area contributed by atoms with E-state index < -0.39 is 194 Å². The maximum atomic E-state index is 12.8. The van der Waals surface area contributed by atoms with Crippen LogP contribution in [0.5, 0.6) is 0 Å². The number of rotatable bonds is 19. The number of carbonyl (C=O) groups excluding carboxylic acids is 1. The number of ketones is 1. The first-order valence-corrected chi connectivity index (χ1v) is 31.8. The van der Waals surface area contributed by atoms with Gasteiger partial charge in [0.1, 0.15) is 71.9 Å². The van der Waals surface area contributed by atoms with Gasteiger partial charge in [0.25, 0.3) is 0 Å². The van der Waals surface area contributed by atoms with Crippen molar-refractivity contribution >= 4 is 5.78 Å². The van der Waals surface area contributed by atoms with Crippen LogP contribution < -0.4 is 0 Å². The quantitative estimate of drug-likeness (QED) is 0.0912. The number of methoxy groups -OCH3 is 5. The lowest BCUT2D eigenvalue weighted by Crippen LogP contribution is -2.75. The van der Waals surface area contributed by atoms with Crippen LogP contribution in [0.1, 0.15) is 132 Å². The second-order valence-electron chi connectivity index (χ2n) is 27.0. The van der Waals surface area contributed by atoms with Gasteiger partial charge in [-0.3, -0.25) is 4.79 Å². The van der Waals surface area contributed by atoms with Crippen LogP contribution in [-0.2, 0) is 85.3 Å². The topological polar surface area (TPSA) is 316 Å². The van der Waals surface area contributed by atoms with Crippen molar-refractivity contribution in [2.24, 2.45) is 22.7 Å². The third kappa shape index (κ3) is 12.7. The normalized spacial score (nSPS) is 53.0. The maximum Gasteiger partial charge on any atom is 0.187 e. The summed E-state index contributed by atoms with van der Waals surface area (Å²) in [6.07, 6.45) is -12.6. The fourth-order valence-corrected chi connectivity index (χ4v) is 17.2. The fraction of sp³-hybridized carbons (Fsp3) is 0.952. The molecule has 0 aromatic carbocycles. The molecule has 0 radical (unpaired) electrons. The lowest BCUT2D eigenvalue weighted by atomic mass is 9.43. The lowest BCUT2D eigenvalue weighted by Gasteiger charge is -2.66. The molecule has 0 bridgehead atoms. The van der Waals surface area contributed by atoms with E-state index in [1.165, 1.54) is 14.0 Å². The van der Waals surface area contributed by atoms with Crippen molar-refractivity contribution in [2.75, 3.05) is 42.2 Å². The number of carbonyl (C=O) groups is 1. The second-order valence-corrected chi connectivity index (χ2v) is 27.0. The van der Waals surface area contributed by atoms with Crippen molar-refractivity contribution in [3.8, 4) is 0 Å². The molecule has 4 aliphatic carbocycles. The number of Topliss-reactive ketones (excluding diaryl/α,β-unsaturated/α-hetero) is 1. The third-order valence-corrected chi connectivity index (χ3v) is 22.3. The summed E-state index contributed by atoms with van der Waals surface area (Å²) in [5.74, 6) is -0.974. The molecule has 87 heavy (non-hydrogen) atoms. The minimum absolute atomic E-state index is 0.0634. The molecule has 7 N–H and O–H groups in total. The number of aliphatic hydroxyl groups excluding tert-OH is 5. The van der Waals surface area contributed by atoms with Crippen LogP contribution in [0.3, 0.4) is 0 Å². The summed E-state index contributed by atoms with van der Waals surface area (Å²) in [4.78, 5) is 12.8. The largest absolute Gasteiger partial charge is 0.394 e. The first-order chi connectivity index (χ1) is 41.3. The van der Waals surface area contributed by atoms with E-state index in [1.807, 2.05) is 27.7 Å². The van der Waals surface area contributed by atoms with Gasteiger partial charge in [0.2, 0.25) is 0 Å². The van der Waals surface area contributed by atoms with Crippen LogP contribution >= 0.6 is 0 Å². The summed E-state index contributed by atoms with van der Waals surface area (Å²) in [5, 5.41) is 77.7. The zero-order valence-electron chi connectivity index (χ0n) is 53.0. The molecule has 6 saturated heterocycles. The molecule has 10 rings (SSSR count). The first-order valence-electron chi connectivity index (χ1n) is 31.8. The highest BCUT2D eigenvalue weighted by Gasteiger charge is 2.76. The molecule has 25 heteroatoms. The van der Waals surface area contributed by atoms with Gasteiger partial charge in [0.05, 0.1) is 79.9 Å². The minimum Gasteiger partial charge on any atom is -0.394 e. The Labute approximate surface area is 511 Å². The average molecular weight is 1250 g/mol. The Bertz CT molecular complexity index is 2320. The smallest absolute Gasteiger partial charge is 0.187 e. The summed E-state index contributed by atoms with van der Waals surface area (Å²) in [6.45, 7) is 14.3. The molecule has 0 spiro atoms. The molecule has 9 fully saturated rings. The van der Waals surface area contributed by atoms with E-state index in [2.05, 4.69) is 13.0 Å². The van der Waals surface area contributed by atoms with Crippen molar-refractivity contribution in [2.45, 2.75) is 310 Å². The average Bonchev–Trinajstić information content (AvgIpc) is 1.65. The van der Waals surface area contributed by atoms with Gasteiger partial charge in [0, 0.05) is 84.9 Å². The highest BCUT2D eigenvalue weighted by Crippen LogP contribution is 2.69. The molecule has 0 unspecified atom stereocenters. The molecule has 0 amide bonds. The van der Waals surface area contributed by atoms with Crippen LogP contribution in [0.15, 0.2) is 11.6 Å². The monoisotopic (exact) mass is 1250 g/mol. The van der Waals surface area contributed by atoms with Gasteiger partial charge in [-0.05, 0) is 91.9 Å². The van der Waals surface area contributed by atoms with Crippen LogP contribution in [0.25, 0.3) is 0 Å². The molecule has 3 saturated carbocycles. The predicted molar refractivity (Wildman–Crippen MR) is 302 cm³/mol. The van der Waals surface area contributed by atoms with E-state index in [-0.39, 0.29) is 37.3 Å². The van der Waals surface area contributed by atoms with Gasteiger partial charge in [-0.1, -0.05) is 25.5 Å². The molecule has 25 nitrogen and oxygen atoms in total. The molecule has 6 aliphatic heterocycles. The molecule has 33 atom stereocenters. The second kappa shape index (κ2) is 27.4. The molecular formula is C62H102O25. The van der Waals surface area contributed by atoms with Crippen molar-refractivity contribution in [3.05, 3.63) is 11.6 Å². The molecule has 10 aliphatic rings. The van der Waals surface area contributed by atoms with Crippen LogP contribution in [0.4, 0.5) is 0 Å². The maximum absolute atomic E-state index is 12.8. The van der Waals surface area contributed by atoms with E-state index in [9.17, 15) is 40.5 Å². The van der Waals surface area contributed by atoms with Gasteiger partial charge in [0.15, 0.2) is 37.7 Å². The highest BCUT2D eigenvalue weighted by atomic mass is 16.8. The molecule has 500 valence electrons. The zero-order valence-corrected chi connectivity index (χ0v) is 53.0. The van der Waals surface area contributed by atoms with E-state index in [0.29, 0.717) is 57.8 Å². The molecule has 0 aromatic heterocycles. The van der Waals surface area contributed by atoms with Gasteiger partial charge in [-0.15, -0.1) is 0 Å². The van der Waals surface area contributed by atoms with Gasteiger partial charge >= 0.3 is 0 Å². The van der Waals surface area contributed by atoms with E-state index >= 15 is 0 Å². The van der Waals surface area contributed by atoms with E-state index in [4.69, 9.17) is 80.5 Å². The van der Waals surface area contributed by atoms with E-state index in [0.717, 1.165) is 5.57 Å². The van der Waals surface area contributed by atoms with Crippen LogP contribution in [-0.4, -0.2) is 261 Å². The Morgan fingerprint density at radius 1 is 0.540 bits per heavy atom. The first kappa shape index (κ1) is 68.3. The zero-order chi connectivity index (χ0) is 62.8.